The molecule has 0 amide bonds. The molecule has 2 aliphatic heterocycles. The maximum atomic E-state index is 12.9. The number of allylic oxidation sites excluding steroid dienone is 10. The summed E-state index contributed by atoms with van der Waals surface area (Å²) in [6, 6.07) is 0. The Hall–Kier alpha value is -2.80. The van der Waals surface area contributed by atoms with E-state index in [1.165, 1.54) is 44.9 Å². The summed E-state index contributed by atoms with van der Waals surface area (Å²) in [5, 5.41) is 71.9. The molecule has 5 unspecified atom stereocenters. The highest BCUT2D eigenvalue weighted by molar-refractivity contribution is 5.70. The van der Waals surface area contributed by atoms with Gasteiger partial charge in [0.15, 0.2) is 18.7 Å². The Morgan fingerprint density at radius 3 is 1.61 bits per heavy atom. The monoisotopic (exact) mass is 911 g/mol. The predicted octanol–water partition coefficient (Wildman–Crippen LogP) is 5.70. The van der Waals surface area contributed by atoms with Crippen molar-refractivity contribution in [3.63, 3.8) is 0 Å². The Morgan fingerprint density at radius 1 is 0.516 bits per heavy atom. The Bertz CT molecular complexity index is 1350. The molecule has 2 fully saturated rings. The van der Waals surface area contributed by atoms with Crippen LogP contribution in [0.5, 0.6) is 0 Å². The molecule has 0 radical (unpaired) electrons. The van der Waals surface area contributed by atoms with Crippen LogP contribution < -0.4 is 0 Å². The van der Waals surface area contributed by atoms with Gasteiger partial charge in [0, 0.05) is 12.8 Å². The molecule has 2 aliphatic rings. The molecule has 7 N–H and O–H groups in total. The van der Waals surface area contributed by atoms with E-state index in [2.05, 4.69) is 38.2 Å². The molecule has 0 aromatic heterocycles. The van der Waals surface area contributed by atoms with E-state index in [9.17, 15) is 45.3 Å². The minimum Gasteiger partial charge on any atom is -0.462 e. The van der Waals surface area contributed by atoms with Gasteiger partial charge >= 0.3 is 11.9 Å². The SMILES string of the molecule is CC/C=C/C=C/C=C/C=C/CCCCCC(=O)OC(COC(=O)CCCCCCCCC/C=C/CCCCCC)CO[C@@H]1O[C@H](CO[C@@H]2O[C@H](CO)[C@H](O)C(O)C2O)[C@H](O)C(O)C1O. The summed E-state index contributed by atoms with van der Waals surface area (Å²) in [7, 11) is 0. The van der Waals surface area contributed by atoms with Crippen LogP contribution >= 0.6 is 0 Å². The van der Waals surface area contributed by atoms with Gasteiger partial charge in [-0.1, -0.05) is 132 Å². The average Bonchev–Trinajstić information content (AvgIpc) is 3.29. The van der Waals surface area contributed by atoms with Crippen molar-refractivity contribution in [3.05, 3.63) is 60.8 Å². The number of aliphatic hydroxyl groups is 7. The van der Waals surface area contributed by atoms with Crippen molar-refractivity contribution in [1.29, 1.82) is 0 Å². The number of hydrogen-bond donors (Lipinski definition) is 7. The molecular formula is C49H82O15. The molecule has 368 valence electrons. The first-order valence-corrected chi connectivity index (χ1v) is 23.9. The number of carbonyl (C=O) groups excluding carboxylic acids is 2. The maximum absolute atomic E-state index is 12.9. The van der Waals surface area contributed by atoms with E-state index < -0.39 is 99.3 Å². The third-order valence-electron chi connectivity index (χ3n) is 11.1. The number of aliphatic hydroxyl groups excluding tert-OH is 7. The highest BCUT2D eigenvalue weighted by Crippen LogP contribution is 2.26. The van der Waals surface area contributed by atoms with Gasteiger partial charge in [-0.3, -0.25) is 9.59 Å². The van der Waals surface area contributed by atoms with Crippen LogP contribution in [0.1, 0.15) is 142 Å². The van der Waals surface area contributed by atoms with Gasteiger partial charge in [-0.15, -0.1) is 0 Å². The lowest BCUT2D eigenvalue weighted by Crippen LogP contribution is -2.61. The van der Waals surface area contributed by atoms with Gasteiger partial charge in [0.2, 0.25) is 0 Å². The van der Waals surface area contributed by atoms with E-state index in [-0.39, 0.29) is 19.4 Å². The predicted molar refractivity (Wildman–Crippen MR) is 243 cm³/mol. The van der Waals surface area contributed by atoms with Gasteiger partial charge in [0.1, 0.15) is 55.4 Å². The lowest BCUT2D eigenvalue weighted by atomic mass is 9.98. The van der Waals surface area contributed by atoms with Gasteiger partial charge in [0.05, 0.1) is 19.8 Å². The van der Waals surface area contributed by atoms with Crippen LogP contribution in [0.2, 0.25) is 0 Å². The fourth-order valence-electron chi connectivity index (χ4n) is 7.10. The first kappa shape index (κ1) is 57.3. The van der Waals surface area contributed by atoms with Crippen LogP contribution in [0.4, 0.5) is 0 Å². The number of unbranched alkanes of at least 4 members (excludes halogenated alkanes) is 14. The molecule has 0 bridgehead atoms. The third kappa shape index (κ3) is 24.6. The van der Waals surface area contributed by atoms with Gasteiger partial charge in [-0.25, -0.2) is 0 Å². The number of carbonyl (C=O) groups is 2. The molecule has 0 saturated carbocycles. The summed E-state index contributed by atoms with van der Waals surface area (Å²) in [5.41, 5.74) is 0. The smallest absolute Gasteiger partial charge is 0.306 e. The molecule has 2 saturated heterocycles. The number of esters is 2. The van der Waals surface area contributed by atoms with Crippen LogP contribution in [-0.2, 0) is 38.0 Å². The Morgan fingerprint density at radius 2 is 1.00 bits per heavy atom. The lowest BCUT2D eigenvalue weighted by molar-refractivity contribution is -0.332. The molecule has 0 spiro atoms. The third-order valence-corrected chi connectivity index (χ3v) is 11.1. The van der Waals surface area contributed by atoms with Crippen LogP contribution in [-0.4, -0.2) is 142 Å². The zero-order valence-corrected chi connectivity index (χ0v) is 38.5. The molecule has 0 aliphatic carbocycles. The highest BCUT2D eigenvalue weighted by Gasteiger charge is 2.47. The molecular weight excluding hydrogens is 829 g/mol. The zero-order valence-electron chi connectivity index (χ0n) is 38.5. The van der Waals surface area contributed by atoms with E-state index in [0.717, 1.165) is 57.8 Å². The standard InChI is InChI=1S/C49H82O15/c1-3-5-7-9-11-13-15-17-18-20-21-23-25-27-29-31-40(51)59-34-37(62-41(52)32-30-28-26-24-22-19-16-14-12-10-8-6-4-2)35-60-48-47(58)45(56)43(54)39(64-48)36-61-49-46(57)44(55)42(53)38(33-50)63-49/h6,8,10,12-16,19,22,37-39,42-50,53-58H,3-5,7,9,11,17-18,20-21,23-36H2,1-2H3/b8-6+,12-10+,15-13+,16-14+,22-19+/t37?,38-,39-,42+,43+,44?,45?,46?,47?,48-,49-/m1/s1. The van der Waals surface area contributed by atoms with Crippen molar-refractivity contribution in [2.45, 2.75) is 210 Å². The van der Waals surface area contributed by atoms with Crippen molar-refractivity contribution in [3.8, 4) is 0 Å². The molecule has 15 heteroatoms. The van der Waals surface area contributed by atoms with Crippen LogP contribution in [0.15, 0.2) is 60.8 Å². The molecule has 64 heavy (non-hydrogen) atoms. The molecule has 11 atom stereocenters. The normalized spacial score (nSPS) is 27.1. The Kier molecular flexibility index (Phi) is 32.5. The van der Waals surface area contributed by atoms with E-state index >= 15 is 0 Å². The largest absolute Gasteiger partial charge is 0.462 e. The Balaban J connectivity index is 1.86. The van der Waals surface area contributed by atoms with Gasteiger partial charge in [-0.05, 0) is 57.8 Å². The molecule has 2 heterocycles. The second-order valence-corrected chi connectivity index (χ2v) is 16.6. The van der Waals surface area contributed by atoms with E-state index in [0.29, 0.717) is 12.8 Å². The van der Waals surface area contributed by atoms with Crippen LogP contribution in [0, 0.1) is 0 Å². The number of rotatable bonds is 35. The van der Waals surface area contributed by atoms with Gasteiger partial charge in [0.25, 0.3) is 0 Å². The minimum atomic E-state index is -1.77. The second kappa shape index (κ2) is 36.3. The fourth-order valence-corrected chi connectivity index (χ4v) is 7.10. The summed E-state index contributed by atoms with van der Waals surface area (Å²) in [5.74, 6) is -0.982. The topological polar surface area (TPSA) is 231 Å². The Labute approximate surface area is 381 Å². The van der Waals surface area contributed by atoms with Crippen molar-refractivity contribution >= 4 is 11.9 Å². The summed E-state index contributed by atoms with van der Waals surface area (Å²) < 4.78 is 33.4. The summed E-state index contributed by atoms with van der Waals surface area (Å²) in [6.07, 6.45) is 22.6. The molecule has 15 nitrogen and oxygen atoms in total. The fraction of sp³-hybridized carbons (Fsp3) is 0.755. The van der Waals surface area contributed by atoms with Crippen molar-refractivity contribution in [2.24, 2.45) is 0 Å². The number of hydrogen-bond acceptors (Lipinski definition) is 15. The van der Waals surface area contributed by atoms with E-state index in [1.54, 1.807) is 0 Å². The minimum absolute atomic E-state index is 0.116. The van der Waals surface area contributed by atoms with Gasteiger partial charge in [-0.2, -0.15) is 0 Å². The molecule has 0 aromatic carbocycles. The summed E-state index contributed by atoms with van der Waals surface area (Å²) in [4.78, 5) is 25.7. The molecule has 0 aromatic rings. The van der Waals surface area contributed by atoms with E-state index in [1.807, 2.05) is 36.5 Å². The first-order chi connectivity index (χ1) is 31.0. The lowest BCUT2D eigenvalue weighted by Gasteiger charge is -2.42. The average molecular weight is 911 g/mol. The van der Waals surface area contributed by atoms with E-state index in [4.69, 9.17) is 28.4 Å². The molecule has 2 rings (SSSR count). The first-order valence-electron chi connectivity index (χ1n) is 23.9. The van der Waals surface area contributed by atoms with Crippen LogP contribution in [0.3, 0.4) is 0 Å². The highest BCUT2D eigenvalue weighted by atomic mass is 16.7. The van der Waals surface area contributed by atoms with Crippen molar-refractivity contribution < 1.29 is 73.8 Å². The van der Waals surface area contributed by atoms with Crippen molar-refractivity contribution in [2.75, 3.05) is 26.4 Å². The zero-order chi connectivity index (χ0) is 46.8. The maximum Gasteiger partial charge on any atom is 0.306 e. The number of ether oxygens (including phenoxy) is 6. The second-order valence-electron chi connectivity index (χ2n) is 16.6. The summed E-state index contributed by atoms with van der Waals surface area (Å²) >= 11 is 0. The van der Waals surface area contributed by atoms with Gasteiger partial charge < -0.3 is 64.2 Å². The summed E-state index contributed by atoms with van der Waals surface area (Å²) in [6.45, 7) is 2.36. The van der Waals surface area contributed by atoms with Crippen LogP contribution in [0.25, 0.3) is 0 Å². The quantitative estimate of drug-likeness (QED) is 0.0175. The van der Waals surface area contributed by atoms with Crippen molar-refractivity contribution in [1.82, 2.24) is 0 Å².